The second kappa shape index (κ2) is 9.16. The fraction of sp³-hybridized carbons (Fsp3) is 0.0690. The van der Waals surface area contributed by atoms with E-state index in [0.717, 1.165) is 11.1 Å². The molecule has 1 saturated heterocycles. The maximum Gasteiger partial charge on any atom is 0.259 e. The summed E-state index contributed by atoms with van der Waals surface area (Å²) in [5, 5.41) is 2.74. The van der Waals surface area contributed by atoms with Crippen molar-refractivity contribution in [1.29, 1.82) is 0 Å². The van der Waals surface area contributed by atoms with Crippen LogP contribution in [0.25, 0.3) is 11.1 Å². The normalized spacial score (nSPS) is 14.0. The van der Waals surface area contributed by atoms with E-state index >= 15 is 0 Å². The van der Waals surface area contributed by atoms with Gasteiger partial charge < -0.3 is 0 Å². The summed E-state index contributed by atoms with van der Waals surface area (Å²) in [7, 11) is 0. The summed E-state index contributed by atoms with van der Waals surface area (Å²) in [6, 6.07) is 35.2. The minimum atomic E-state index is -1.08. The van der Waals surface area contributed by atoms with Crippen LogP contribution in [0.2, 0.25) is 0 Å². The molecule has 0 N–H and O–H groups in total. The van der Waals surface area contributed by atoms with E-state index in [1.807, 2.05) is 78.9 Å². The number of benzene rings is 4. The molecule has 0 saturated carbocycles. The molecule has 5 nitrogen and oxygen atoms in total. The lowest BCUT2D eigenvalue weighted by molar-refractivity contribution is -0.126. The van der Waals surface area contributed by atoms with Crippen molar-refractivity contribution in [3.8, 4) is 11.1 Å². The molecule has 0 aliphatic carbocycles. The van der Waals surface area contributed by atoms with Crippen molar-refractivity contribution in [2.45, 2.75) is 6.42 Å². The van der Waals surface area contributed by atoms with Gasteiger partial charge in [0.15, 0.2) is 5.78 Å². The quantitative estimate of drug-likeness (QED) is 0.289. The van der Waals surface area contributed by atoms with Gasteiger partial charge in [0, 0.05) is 12.0 Å². The Morgan fingerprint density at radius 2 is 0.971 bits per heavy atom. The third kappa shape index (κ3) is 3.99. The van der Waals surface area contributed by atoms with E-state index in [-0.39, 0.29) is 12.2 Å². The number of anilines is 2. The van der Waals surface area contributed by atoms with E-state index in [1.54, 1.807) is 36.4 Å². The lowest BCUT2D eigenvalue weighted by atomic mass is 9.96. The van der Waals surface area contributed by atoms with Crippen LogP contribution < -0.4 is 10.0 Å². The summed E-state index contributed by atoms with van der Waals surface area (Å²) in [5.74, 6) is -2.14. The zero-order valence-corrected chi connectivity index (χ0v) is 18.4. The first-order chi connectivity index (χ1) is 16.6. The fourth-order valence-corrected chi connectivity index (χ4v) is 4.18. The number of rotatable bonds is 6. The van der Waals surface area contributed by atoms with Crippen LogP contribution in [0, 0.1) is 5.92 Å². The van der Waals surface area contributed by atoms with Crippen molar-refractivity contribution in [2.24, 2.45) is 5.92 Å². The average molecular weight is 447 g/mol. The number of carbonyl (C=O) groups excluding carboxylic acids is 3. The van der Waals surface area contributed by atoms with Gasteiger partial charge in [0.1, 0.15) is 5.92 Å². The largest absolute Gasteiger partial charge is 0.294 e. The van der Waals surface area contributed by atoms with Gasteiger partial charge in [-0.3, -0.25) is 14.4 Å². The van der Waals surface area contributed by atoms with E-state index in [9.17, 15) is 14.4 Å². The van der Waals surface area contributed by atoms with Crippen molar-refractivity contribution >= 4 is 29.0 Å². The Balaban J connectivity index is 1.41. The van der Waals surface area contributed by atoms with E-state index in [0.29, 0.717) is 16.9 Å². The summed E-state index contributed by atoms with van der Waals surface area (Å²) in [4.78, 5) is 39.9. The zero-order valence-electron chi connectivity index (χ0n) is 18.4. The molecule has 1 aliphatic rings. The van der Waals surface area contributed by atoms with Gasteiger partial charge in [-0.1, -0.05) is 91.0 Å². The Morgan fingerprint density at radius 1 is 0.559 bits per heavy atom. The van der Waals surface area contributed by atoms with E-state index in [2.05, 4.69) is 0 Å². The van der Waals surface area contributed by atoms with Gasteiger partial charge in [-0.15, -0.1) is 0 Å². The van der Waals surface area contributed by atoms with E-state index < -0.39 is 17.7 Å². The molecule has 166 valence electrons. The molecular formula is C29H22N2O3. The van der Waals surface area contributed by atoms with Gasteiger partial charge in [0.2, 0.25) is 0 Å². The highest BCUT2D eigenvalue weighted by Gasteiger charge is 2.47. The summed E-state index contributed by atoms with van der Waals surface area (Å²) >= 11 is 0. The molecule has 0 bridgehead atoms. The number of hydrogen-bond acceptors (Lipinski definition) is 3. The highest BCUT2D eigenvalue weighted by Crippen LogP contribution is 2.33. The predicted octanol–water partition coefficient (Wildman–Crippen LogP) is 5.54. The molecule has 2 amide bonds. The number of amides is 2. The SMILES string of the molecule is O=C(CC1C(=O)N(c2ccccc2)N(c2ccccc2)C1=O)c1ccc(-c2ccccc2)cc1. The Kier molecular flexibility index (Phi) is 5.75. The lowest BCUT2D eigenvalue weighted by Gasteiger charge is -2.27. The zero-order chi connectivity index (χ0) is 23.5. The molecule has 4 aromatic carbocycles. The van der Waals surface area contributed by atoms with Crippen molar-refractivity contribution in [3.05, 3.63) is 121 Å². The van der Waals surface area contributed by atoms with Gasteiger partial charge in [0.05, 0.1) is 11.4 Å². The number of para-hydroxylation sites is 2. The first-order valence-electron chi connectivity index (χ1n) is 11.1. The highest BCUT2D eigenvalue weighted by molar-refractivity contribution is 6.24. The molecule has 1 fully saturated rings. The minimum Gasteiger partial charge on any atom is -0.294 e. The lowest BCUT2D eigenvalue weighted by Crippen LogP contribution is -2.41. The second-order valence-corrected chi connectivity index (χ2v) is 8.09. The first-order valence-corrected chi connectivity index (χ1v) is 11.1. The summed E-state index contributed by atoms with van der Waals surface area (Å²) in [5.41, 5.74) is 3.68. The van der Waals surface area contributed by atoms with Crippen LogP contribution >= 0.6 is 0 Å². The Morgan fingerprint density at radius 3 is 1.44 bits per heavy atom. The molecule has 0 atom stereocenters. The van der Waals surface area contributed by atoms with Crippen LogP contribution in [-0.2, 0) is 9.59 Å². The van der Waals surface area contributed by atoms with Crippen LogP contribution in [0.4, 0.5) is 11.4 Å². The minimum absolute atomic E-state index is 0.185. The summed E-state index contributed by atoms with van der Waals surface area (Å²) < 4.78 is 0. The molecule has 4 aromatic rings. The van der Waals surface area contributed by atoms with Crippen LogP contribution in [0.3, 0.4) is 0 Å². The second-order valence-electron chi connectivity index (χ2n) is 8.09. The van der Waals surface area contributed by atoms with Gasteiger partial charge in [-0.25, -0.2) is 10.0 Å². The molecule has 0 radical (unpaired) electrons. The smallest absolute Gasteiger partial charge is 0.259 e. The monoisotopic (exact) mass is 446 g/mol. The standard InChI is InChI=1S/C29H22N2O3/c32-27(23-18-16-22(17-19-23)21-10-4-1-5-11-21)20-26-28(33)30(24-12-6-2-7-13-24)31(29(26)34)25-14-8-3-9-15-25/h1-19,26H,20H2. The topological polar surface area (TPSA) is 57.7 Å². The van der Waals surface area contributed by atoms with Crippen molar-refractivity contribution in [2.75, 3.05) is 10.0 Å². The number of carbonyl (C=O) groups is 3. The maximum atomic E-state index is 13.4. The molecule has 1 heterocycles. The van der Waals surface area contributed by atoms with Crippen molar-refractivity contribution in [3.63, 3.8) is 0 Å². The third-order valence-electron chi connectivity index (χ3n) is 5.92. The number of ketones is 1. The van der Waals surface area contributed by atoms with Gasteiger partial charge >= 0.3 is 0 Å². The number of Topliss-reactive ketones (excluding diaryl/α,β-unsaturated/α-hetero) is 1. The molecule has 0 spiro atoms. The van der Waals surface area contributed by atoms with E-state index in [4.69, 9.17) is 0 Å². The molecule has 0 unspecified atom stereocenters. The third-order valence-corrected chi connectivity index (χ3v) is 5.92. The Labute approximate surface area is 197 Å². The van der Waals surface area contributed by atoms with Gasteiger partial charge in [-0.05, 0) is 35.4 Å². The van der Waals surface area contributed by atoms with E-state index in [1.165, 1.54) is 10.0 Å². The Hall–Kier alpha value is -4.51. The molecule has 1 aliphatic heterocycles. The number of hydrogen-bond donors (Lipinski definition) is 0. The summed E-state index contributed by atoms with van der Waals surface area (Å²) in [6.07, 6.45) is -0.185. The van der Waals surface area contributed by atoms with Crippen LogP contribution in [0.15, 0.2) is 115 Å². The van der Waals surface area contributed by atoms with Crippen LogP contribution in [-0.4, -0.2) is 17.6 Å². The molecule has 0 aromatic heterocycles. The fourth-order valence-electron chi connectivity index (χ4n) is 4.18. The summed E-state index contributed by atoms with van der Waals surface area (Å²) in [6.45, 7) is 0. The van der Waals surface area contributed by atoms with Crippen molar-refractivity contribution < 1.29 is 14.4 Å². The average Bonchev–Trinajstić information content (AvgIpc) is 3.15. The van der Waals surface area contributed by atoms with Crippen LogP contribution in [0.5, 0.6) is 0 Å². The number of nitrogens with zero attached hydrogens (tertiary/aromatic N) is 2. The number of hydrazine groups is 1. The van der Waals surface area contributed by atoms with Gasteiger partial charge in [0.25, 0.3) is 11.8 Å². The molecule has 5 rings (SSSR count). The Bertz CT molecular complexity index is 1260. The highest BCUT2D eigenvalue weighted by atomic mass is 16.2. The predicted molar refractivity (Wildman–Crippen MR) is 132 cm³/mol. The molecular weight excluding hydrogens is 424 g/mol. The van der Waals surface area contributed by atoms with Crippen molar-refractivity contribution in [1.82, 2.24) is 0 Å². The first kappa shape index (κ1) is 21.3. The maximum absolute atomic E-state index is 13.4. The molecule has 5 heteroatoms. The van der Waals surface area contributed by atoms with Crippen LogP contribution in [0.1, 0.15) is 16.8 Å². The molecule has 34 heavy (non-hydrogen) atoms. The van der Waals surface area contributed by atoms with Gasteiger partial charge in [-0.2, -0.15) is 0 Å².